The van der Waals surface area contributed by atoms with Crippen molar-refractivity contribution >= 4 is 10.9 Å². The molecule has 0 aliphatic heterocycles. The minimum Gasteiger partial charge on any atom is -0.346 e. The van der Waals surface area contributed by atoms with Gasteiger partial charge in [-0.1, -0.05) is 39.0 Å². The Labute approximate surface area is 110 Å². The molecule has 0 aliphatic rings. The van der Waals surface area contributed by atoms with E-state index in [2.05, 4.69) is 68.9 Å². The van der Waals surface area contributed by atoms with Gasteiger partial charge in [-0.2, -0.15) is 0 Å². The fraction of sp³-hybridized carbons (Fsp3) is 0.500. The average Bonchev–Trinajstić information content (AvgIpc) is 2.53. The van der Waals surface area contributed by atoms with Crippen LogP contribution in [-0.2, 0) is 13.6 Å². The number of aryl methyl sites for hydroxylation is 2. The topological polar surface area (TPSA) is 17.0 Å². The van der Waals surface area contributed by atoms with Crippen molar-refractivity contribution in [3.8, 4) is 0 Å². The summed E-state index contributed by atoms with van der Waals surface area (Å²) in [6.07, 6.45) is 0. The molecule has 0 saturated heterocycles. The van der Waals surface area contributed by atoms with Crippen molar-refractivity contribution in [2.24, 2.45) is 12.5 Å². The van der Waals surface area contributed by atoms with Gasteiger partial charge in [-0.25, -0.2) is 0 Å². The second-order valence-electron chi connectivity index (χ2n) is 6.31. The second-order valence-corrected chi connectivity index (χ2v) is 6.31. The lowest BCUT2D eigenvalue weighted by molar-refractivity contribution is 0.377. The van der Waals surface area contributed by atoms with Gasteiger partial charge in [0.05, 0.1) is 0 Å². The Morgan fingerprint density at radius 2 is 1.83 bits per heavy atom. The molecule has 2 aromatic rings. The fourth-order valence-electron chi connectivity index (χ4n) is 2.44. The Balaban J connectivity index is 2.23. The van der Waals surface area contributed by atoms with Gasteiger partial charge in [-0.05, 0) is 24.0 Å². The van der Waals surface area contributed by atoms with Crippen molar-refractivity contribution in [3.63, 3.8) is 0 Å². The number of nitrogens with zero attached hydrogens (tertiary/aromatic N) is 1. The van der Waals surface area contributed by atoms with Crippen LogP contribution in [0.25, 0.3) is 10.9 Å². The summed E-state index contributed by atoms with van der Waals surface area (Å²) < 4.78 is 2.31. The zero-order valence-electron chi connectivity index (χ0n) is 12.2. The highest BCUT2D eigenvalue weighted by atomic mass is 15.0. The zero-order valence-corrected chi connectivity index (χ0v) is 12.2. The third-order valence-corrected chi connectivity index (χ3v) is 3.45. The van der Waals surface area contributed by atoms with Crippen LogP contribution in [-0.4, -0.2) is 11.1 Å². The van der Waals surface area contributed by atoms with E-state index in [0.29, 0.717) is 5.41 Å². The van der Waals surface area contributed by atoms with Gasteiger partial charge in [0, 0.05) is 36.7 Å². The minimum atomic E-state index is 0.332. The molecule has 1 aromatic carbocycles. The Morgan fingerprint density at radius 3 is 2.44 bits per heavy atom. The molecular formula is C16H24N2. The van der Waals surface area contributed by atoms with E-state index in [9.17, 15) is 0 Å². The molecule has 1 aromatic heterocycles. The lowest BCUT2D eigenvalue weighted by atomic mass is 9.97. The summed E-state index contributed by atoms with van der Waals surface area (Å²) in [5.74, 6) is 0. The largest absolute Gasteiger partial charge is 0.346 e. The van der Waals surface area contributed by atoms with Crippen LogP contribution < -0.4 is 5.32 Å². The number of benzene rings is 1. The number of nitrogens with one attached hydrogen (secondary N) is 1. The van der Waals surface area contributed by atoms with E-state index in [0.717, 1.165) is 13.1 Å². The van der Waals surface area contributed by atoms with Crippen LogP contribution in [0.2, 0.25) is 0 Å². The first-order valence-corrected chi connectivity index (χ1v) is 6.64. The molecule has 0 bridgehead atoms. The molecule has 0 unspecified atom stereocenters. The highest BCUT2D eigenvalue weighted by Gasteiger charge is 2.13. The molecule has 1 N–H and O–H groups in total. The van der Waals surface area contributed by atoms with Gasteiger partial charge in [0.1, 0.15) is 0 Å². The van der Waals surface area contributed by atoms with Crippen LogP contribution in [0.3, 0.4) is 0 Å². The van der Waals surface area contributed by atoms with Crippen LogP contribution in [0.15, 0.2) is 24.3 Å². The molecule has 0 aliphatic carbocycles. The van der Waals surface area contributed by atoms with Crippen molar-refractivity contribution in [1.82, 2.24) is 9.88 Å². The van der Waals surface area contributed by atoms with Gasteiger partial charge >= 0.3 is 0 Å². The standard InChI is InChI=1S/C16H24N2/c1-12-13-8-6-7-9-14(13)18(5)15(12)10-17-11-16(2,3)4/h6-9,17H,10-11H2,1-5H3. The summed E-state index contributed by atoms with van der Waals surface area (Å²) in [6, 6.07) is 8.61. The first-order valence-electron chi connectivity index (χ1n) is 6.64. The van der Waals surface area contributed by atoms with Crippen molar-refractivity contribution < 1.29 is 0 Å². The third-order valence-electron chi connectivity index (χ3n) is 3.45. The Hall–Kier alpha value is -1.28. The minimum absolute atomic E-state index is 0.332. The van der Waals surface area contributed by atoms with Crippen LogP contribution in [0.5, 0.6) is 0 Å². The summed E-state index contributed by atoms with van der Waals surface area (Å²) in [5.41, 5.74) is 4.44. The summed E-state index contributed by atoms with van der Waals surface area (Å²) >= 11 is 0. The molecule has 2 rings (SSSR count). The van der Waals surface area contributed by atoms with Gasteiger partial charge < -0.3 is 9.88 Å². The predicted octanol–water partition coefficient (Wildman–Crippen LogP) is 3.62. The Kier molecular flexibility index (Phi) is 3.49. The van der Waals surface area contributed by atoms with E-state index in [1.165, 1.54) is 22.2 Å². The second kappa shape index (κ2) is 4.77. The number of hydrogen-bond acceptors (Lipinski definition) is 1. The zero-order chi connectivity index (χ0) is 13.3. The van der Waals surface area contributed by atoms with Crippen molar-refractivity contribution in [1.29, 1.82) is 0 Å². The quantitative estimate of drug-likeness (QED) is 0.872. The molecule has 0 atom stereocenters. The number of fused-ring (bicyclic) bond motifs is 1. The molecule has 0 radical (unpaired) electrons. The number of hydrogen-bond donors (Lipinski definition) is 1. The molecule has 2 heteroatoms. The van der Waals surface area contributed by atoms with E-state index in [1.807, 2.05) is 0 Å². The van der Waals surface area contributed by atoms with E-state index in [-0.39, 0.29) is 0 Å². The maximum absolute atomic E-state index is 3.56. The van der Waals surface area contributed by atoms with Gasteiger partial charge in [0.25, 0.3) is 0 Å². The Bertz CT molecular complexity index is 505. The molecule has 18 heavy (non-hydrogen) atoms. The first kappa shape index (κ1) is 13.2. The van der Waals surface area contributed by atoms with Crippen LogP contribution >= 0.6 is 0 Å². The lowest BCUT2D eigenvalue weighted by Crippen LogP contribution is -2.27. The van der Waals surface area contributed by atoms with Crippen LogP contribution in [0.4, 0.5) is 0 Å². The van der Waals surface area contributed by atoms with Crippen LogP contribution in [0, 0.1) is 12.3 Å². The maximum Gasteiger partial charge on any atom is 0.0483 e. The normalized spacial score (nSPS) is 12.3. The number of aromatic nitrogens is 1. The van der Waals surface area contributed by atoms with Gasteiger partial charge in [-0.3, -0.25) is 0 Å². The van der Waals surface area contributed by atoms with E-state index < -0.39 is 0 Å². The molecule has 0 saturated carbocycles. The molecule has 0 fully saturated rings. The number of para-hydroxylation sites is 1. The summed E-state index contributed by atoms with van der Waals surface area (Å²) in [4.78, 5) is 0. The van der Waals surface area contributed by atoms with Crippen LogP contribution in [0.1, 0.15) is 32.0 Å². The van der Waals surface area contributed by atoms with Gasteiger partial charge in [0.2, 0.25) is 0 Å². The summed E-state index contributed by atoms with van der Waals surface area (Å²) in [5, 5.41) is 4.93. The maximum atomic E-state index is 3.56. The van der Waals surface area contributed by atoms with Gasteiger partial charge in [-0.15, -0.1) is 0 Å². The Morgan fingerprint density at radius 1 is 1.17 bits per heavy atom. The smallest absolute Gasteiger partial charge is 0.0483 e. The monoisotopic (exact) mass is 244 g/mol. The summed E-state index contributed by atoms with van der Waals surface area (Å²) in [7, 11) is 2.16. The molecule has 2 nitrogen and oxygen atoms in total. The van der Waals surface area contributed by atoms with Gasteiger partial charge in [0.15, 0.2) is 0 Å². The third kappa shape index (κ3) is 2.59. The molecule has 0 spiro atoms. The van der Waals surface area contributed by atoms with E-state index >= 15 is 0 Å². The van der Waals surface area contributed by atoms with Crippen molar-refractivity contribution in [2.45, 2.75) is 34.2 Å². The lowest BCUT2D eigenvalue weighted by Gasteiger charge is -2.19. The summed E-state index contributed by atoms with van der Waals surface area (Å²) in [6.45, 7) is 11.0. The van der Waals surface area contributed by atoms with Crippen molar-refractivity contribution in [2.75, 3.05) is 6.54 Å². The fourth-order valence-corrected chi connectivity index (χ4v) is 2.44. The average molecular weight is 244 g/mol. The van der Waals surface area contributed by atoms with Crippen molar-refractivity contribution in [3.05, 3.63) is 35.5 Å². The number of rotatable bonds is 3. The SMILES string of the molecule is Cc1c(CNCC(C)(C)C)n(C)c2ccccc12. The molecule has 0 amide bonds. The molecule has 98 valence electrons. The highest BCUT2D eigenvalue weighted by Crippen LogP contribution is 2.24. The molecular weight excluding hydrogens is 220 g/mol. The highest BCUT2D eigenvalue weighted by molar-refractivity contribution is 5.85. The predicted molar refractivity (Wildman–Crippen MR) is 78.8 cm³/mol. The first-order chi connectivity index (χ1) is 8.40. The molecule has 1 heterocycles. The van der Waals surface area contributed by atoms with E-state index in [1.54, 1.807) is 0 Å². The van der Waals surface area contributed by atoms with E-state index in [4.69, 9.17) is 0 Å².